The number of carbonyl (C=O) groups is 1. The molecule has 2 rings (SSSR count). The fourth-order valence-corrected chi connectivity index (χ4v) is 1.79. The van der Waals surface area contributed by atoms with Gasteiger partial charge in [-0.25, -0.2) is 0 Å². The first-order valence-corrected chi connectivity index (χ1v) is 6.19. The van der Waals surface area contributed by atoms with Gasteiger partial charge in [0.15, 0.2) is 0 Å². The fraction of sp³-hybridized carbons (Fsp3) is 0.286. The van der Waals surface area contributed by atoms with E-state index in [1.165, 1.54) is 0 Å². The van der Waals surface area contributed by atoms with Crippen molar-refractivity contribution in [3.63, 3.8) is 0 Å². The normalized spacial score (nSPS) is 9.43. The van der Waals surface area contributed by atoms with Crippen molar-refractivity contribution in [3.8, 4) is 0 Å². The molecule has 7 heteroatoms. The third-order valence-corrected chi connectivity index (χ3v) is 2.87. The minimum atomic E-state index is -0.0400. The van der Waals surface area contributed by atoms with Crippen LogP contribution in [0.5, 0.6) is 0 Å². The summed E-state index contributed by atoms with van der Waals surface area (Å²) in [6, 6.07) is 5.48. The summed E-state index contributed by atoms with van der Waals surface area (Å²) in [6.45, 7) is 4.48. The van der Waals surface area contributed by atoms with Crippen LogP contribution in [0.4, 0.5) is 11.4 Å². The molecule has 1 amide bonds. The summed E-state index contributed by atoms with van der Waals surface area (Å²) < 4.78 is 1.77. The second-order valence-electron chi connectivity index (χ2n) is 4.65. The van der Waals surface area contributed by atoms with E-state index in [0.717, 1.165) is 16.8 Å². The fourth-order valence-electron chi connectivity index (χ4n) is 1.79. The lowest BCUT2D eigenvalue weighted by molar-refractivity contribution is -0.116. The summed E-state index contributed by atoms with van der Waals surface area (Å²) in [4.78, 5) is 11.9. The number of hydrogen-bond donors (Lipinski definition) is 2. The van der Waals surface area contributed by atoms with Crippen LogP contribution in [0, 0.1) is 13.8 Å². The van der Waals surface area contributed by atoms with E-state index in [2.05, 4.69) is 10.4 Å². The van der Waals surface area contributed by atoms with Gasteiger partial charge in [-0.05, 0) is 37.1 Å². The molecular weight excluding hydrogens is 311 g/mol. The number of nitrogens with two attached hydrogens (primary N) is 1. The number of halogens is 2. The van der Waals surface area contributed by atoms with Gasteiger partial charge in [0.2, 0.25) is 5.91 Å². The van der Waals surface area contributed by atoms with Crippen molar-refractivity contribution in [2.75, 3.05) is 11.1 Å². The van der Waals surface area contributed by atoms with Gasteiger partial charge in [-0.3, -0.25) is 9.48 Å². The Hall–Kier alpha value is -1.72. The molecule has 0 saturated heterocycles. The van der Waals surface area contributed by atoms with Crippen LogP contribution in [-0.2, 0) is 11.3 Å². The molecule has 1 heterocycles. The number of nitrogens with one attached hydrogen (secondary N) is 1. The number of anilines is 2. The number of benzene rings is 1. The Bertz CT molecular complexity index is 598. The molecule has 1 aromatic heterocycles. The average Bonchev–Trinajstić information content (AvgIpc) is 2.77. The van der Waals surface area contributed by atoms with Gasteiger partial charge in [-0.1, -0.05) is 6.07 Å². The highest BCUT2D eigenvalue weighted by Crippen LogP contribution is 2.18. The second kappa shape index (κ2) is 8.54. The number of nitrogen functional groups attached to an aromatic ring is 1. The zero-order valence-corrected chi connectivity index (χ0v) is 13.6. The van der Waals surface area contributed by atoms with Gasteiger partial charge in [0.1, 0.15) is 0 Å². The third kappa shape index (κ3) is 5.65. The van der Waals surface area contributed by atoms with Crippen LogP contribution in [0.1, 0.15) is 17.5 Å². The highest BCUT2D eigenvalue weighted by Gasteiger charge is 2.06. The van der Waals surface area contributed by atoms with Crippen LogP contribution in [0.25, 0.3) is 0 Å². The first-order valence-electron chi connectivity index (χ1n) is 6.19. The molecular formula is C14H20Cl2N4O. The number of aromatic nitrogens is 2. The summed E-state index contributed by atoms with van der Waals surface area (Å²) in [5.74, 6) is -0.0400. The van der Waals surface area contributed by atoms with E-state index in [4.69, 9.17) is 5.73 Å². The standard InChI is InChI=1S/C14H18N4O.2ClH/c1-10-8-16-18(9-10)6-5-14(19)17-13-7-12(15)4-3-11(13)2;;/h3-4,7-9H,5-6,15H2,1-2H3,(H,17,19);2*1H. The molecule has 1 aromatic carbocycles. The quantitative estimate of drug-likeness (QED) is 0.846. The van der Waals surface area contributed by atoms with Crippen LogP contribution in [0.3, 0.4) is 0 Å². The molecule has 2 aromatic rings. The van der Waals surface area contributed by atoms with Gasteiger partial charge in [0, 0.05) is 30.5 Å². The summed E-state index contributed by atoms with van der Waals surface area (Å²) in [6.07, 6.45) is 4.08. The lowest BCUT2D eigenvalue weighted by Crippen LogP contribution is -2.15. The molecule has 0 aliphatic heterocycles. The average molecular weight is 331 g/mol. The SMILES string of the molecule is Cc1cnn(CCC(=O)Nc2cc(N)ccc2C)c1.Cl.Cl. The van der Waals surface area contributed by atoms with Crippen LogP contribution < -0.4 is 11.1 Å². The van der Waals surface area contributed by atoms with Crippen molar-refractivity contribution in [1.29, 1.82) is 0 Å². The molecule has 0 bridgehead atoms. The molecule has 21 heavy (non-hydrogen) atoms. The number of rotatable bonds is 4. The smallest absolute Gasteiger partial charge is 0.226 e. The lowest BCUT2D eigenvalue weighted by Gasteiger charge is -2.09. The summed E-state index contributed by atoms with van der Waals surface area (Å²) in [5.41, 5.74) is 9.20. The topological polar surface area (TPSA) is 72.9 Å². The second-order valence-corrected chi connectivity index (χ2v) is 4.65. The van der Waals surface area contributed by atoms with E-state index in [-0.39, 0.29) is 30.7 Å². The summed E-state index contributed by atoms with van der Waals surface area (Å²) in [5, 5.41) is 7.01. The van der Waals surface area contributed by atoms with Crippen molar-refractivity contribution in [1.82, 2.24) is 9.78 Å². The maximum absolute atomic E-state index is 11.9. The number of amides is 1. The Balaban J connectivity index is 0.00000200. The van der Waals surface area contributed by atoms with E-state index in [0.29, 0.717) is 18.7 Å². The number of hydrogen-bond acceptors (Lipinski definition) is 3. The number of aryl methyl sites for hydroxylation is 3. The highest BCUT2D eigenvalue weighted by molar-refractivity contribution is 5.91. The van der Waals surface area contributed by atoms with Crippen LogP contribution in [-0.4, -0.2) is 15.7 Å². The summed E-state index contributed by atoms with van der Waals surface area (Å²) >= 11 is 0. The molecule has 5 nitrogen and oxygen atoms in total. The molecule has 0 fully saturated rings. The molecule has 0 spiro atoms. The van der Waals surface area contributed by atoms with Crippen LogP contribution in [0.2, 0.25) is 0 Å². The molecule has 3 N–H and O–H groups in total. The molecule has 116 valence electrons. The zero-order valence-electron chi connectivity index (χ0n) is 12.0. The van der Waals surface area contributed by atoms with E-state index in [1.807, 2.05) is 32.2 Å². The Morgan fingerprint density at radius 3 is 2.67 bits per heavy atom. The van der Waals surface area contributed by atoms with E-state index in [1.54, 1.807) is 16.9 Å². The molecule has 0 atom stereocenters. The van der Waals surface area contributed by atoms with Gasteiger partial charge >= 0.3 is 0 Å². The third-order valence-electron chi connectivity index (χ3n) is 2.87. The molecule has 0 unspecified atom stereocenters. The van der Waals surface area contributed by atoms with Crippen molar-refractivity contribution in [2.45, 2.75) is 26.8 Å². The maximum Gasteiger partial charge on any atom is 0.226 e. The predicted octanol–water partition coefficient (Wildman–Crippen LogP) is 2.95. The van der Waals surface area contributed by atoms with Gasteiger partial charge < -0.3 is 11.1 Å². The minimum Gasteiger partial charge on any atom is -0.399 e. The van der Waals surface area contributed by atoms with Crippen LogP contribution in [0.15, 0.2) is 30.6 Å². The van der Waals surface area contributed by atoms with Crippen molar-refractivity contribution in [2.24, 2.45) is 0 Å². The van der Waals surface area contributed by atoms with Crippen molar-refractivity contribution >= 4 is 42.1 Å². The Morgan fingerprint density at radius 1 is 1.33 bits per heavy atom. The highest BCUT2D eigenvalue weighted by atomic mass is 35.5. The monoisotopic (exact) mass is 330 g/mol. The zero-order chi connectivity index (χ0) is 13.8. The Kier molecular flexibility index (Phi) is 7.84. The van der Waals surface area contributed by atoms with Gasteiger partial charge in [0.05, 0.1) is 6.20 Å². The predicted molar refractivity (Wildman–Crippen MR) is 90.3 cm³/mol. The van der Waals surface area contributed by atoms with Gasteiger partial charge in [-0.15, -0.1) is 24.8 Å². The van der Waals surface area contributed by atoms with Crippen molar-refractivity contribution in [3.05, 3.63) is 41.7 Å². The van der Waals surface area contributed by atoms with E-state index >= 15 is 0 Å². The van der Waals surface area contributed by atoms with Crippen molar-refractivity contribution < 1.29 is 4.79 Å². The first kappa shape index (κ1) is 19.3. The lowest BCUT2D eigenvalue weighted by atomic mass is 10.2. The van der Waals surface area contributed by atoms with Crippen LogP contribution >= 0.6 is 24.8 Å². The first-order chi connectivity index (χ1) is 9.04. The van der Waals surface area contributed by atoms with Gasteiger partial charge in [-0.2, -0.15) is 5.10 Å². The molecule has 0 aliphatic carbocycles. The van der Waals surface area contributed by atoms with Gasteiger partial charge in [0.25, 0.3) is 0 Å². The molecule has 0 saturated carbocycles. The summed E-state index contributed by atoms with van der Waals surface area (Å²) in [7, 11) is 0. The molecule has 0 aliphatic rings. The number of carbonyl (C=O) groups excluding carboxylic acids is 1. The minimum absolute atomic E-state index is 0. The number of nitrogens with zero attached hydrogens (tertiary/aromatic N) is 2. The van der Waals surface area contributed by atoms with E-state index < -0.39 is 0 Å². The Labute approximate surface area is 136 Å². The Morgan fingerprint density at radius 2 is 2.05 bits per heavy atom. The largest absolute Gasteiger partial charge is 0.399 e. The van der Waals surface area contributed by atoms with E-state index in [9.17, 15) is 4.79 Å². The molecule has 0 radical (unpaired) electrons. The maximum atomic E-state index is 11.9.